The molecule has 0 unspecified atom stereocenters. The number of aryl methyl sites for hydroxylation is 3. The Morgan fingerprint density at radius 1 is 1.08 bits per heavy atom. The molecule has 1 aromatic heterocycles. The van der Waals surface area contributed by atoms with E-state index in [1.807, 2.05) is 12.1 Å². The van der Waals surface area contributed by atoms with Crippen LogP contribution in [0.1, 0.15) is 17.0 Å². The molecule has 5 heteroatoms. The standard InChI is InChI=1S/C19H21N3O2/c1-13-2-4-14(5-3-13)6-7-19-21-15-10-17-18(24-12-23-17)11-16(15)22(19)9-8-20/h2-5,10-11H,6-9,12,20H2,1H3. The number of benzene rings is 2. The summed E-state index contributed by atoms with van der Waals surface area (Å²) < 4.78 is 13.2. The van der Waals surface area contributed by atoms with Gasteiger partial charge in [0.2, 0.25) is 6.79 Å². The molecule has 0 radical (unpaired) electrons. The first-order chi connectivity index (χ1) is 11.7. The number of rotatable bonds is 5. The lowest BCUT2D eigenvalue weighted by Gasteiger charge is -2.08. The van der Waals surface area contributed by atoms with Gasteiger partial charge in [0.1, 0.15) is 5.82 Å². The molecule has 3 aromatic rings. The van der Waals surface area contributed by atoms with E-state index in [0.717, 1.165) is 47.7 Å². The Labute approximate surface area is 141 Å². The van der Waals surface area contributed by atoms with E-state index in [0.29, 0.717) is 6.54 Å². The molecule has 24 heavy (non-hydrogen) atoms. The maximum absolute atomic E-state index is 5.81. The summed E-state index contributed by atoms with van der Waals surface area (Å²) in [7, 11) is 0. The first-order valence-electron chi connectivity index (χ1n) is 8.29. The number of hydrogen-bond acceptors (Lipinski definition) is 4. The number of nitrogens with two attached hydrogens (primary N) is 1. The predicted molar refractivity (Wildman–Crippen MR) is 93.5 cm³/mol. The van der Waals surface area contributed by atoms with Gasteiger partial charge in [0.05, 0.1) is 11.0 Å². The highest BCUT2D eigenvalue weighted by Crippen LogP contribution is 2.36. The van der Waals surface area contributed by atoms with Gasteiger partial charge in [-0.25, -0.2) is 4.98 Å². The fourth-order valence-electron chi connectivity index (χ4n) is 3.15. The molecule has 0 fully saturated rings. The maximum Gasteiger partial charge on any atom is 0.231 e. The number of fused-ring (bicyclic) bond motifs is 2. The molecule has 0 aliphatic carbocycles. The summed E-state index contributed by atoms with van der Waals surface area (Å²) in [5, 5.41) is 0. The van der Waals surface area contributed by atoms with Crippen LogP contribution in [0.5, 0.6) is 11.5 Å². The second-order valence-corrected chi connectivity index (χ2v) is 6.15. The van der Waals surface area contributed by atoms with Crippen LogP contribution >= 0.6 is 0 Å². The van der Waals surface area contributed by atoms with Crippen LogP contribution in [0.3, 0.4) is 0 Å². The zero-order valence-corrected chi connectivity index (χ0v) is 13.8. The van der Waals surface area contributed by atoms with Gasteiger partial charge in [-0.1, -0.05) is 29.8 Å². The van der Waals surface area contributed by atoms with Crippen molar-refractivity contribution < 1.29 is 9.47 Å². The summed E-state index contributed by atoms with van der Waals surface area (Å²) in [6, 6.07) is 12.6. The normalized spacial score (nSPS) is 12.9. The van der Waals surface area contributed by atoms with Crippen molar-refractivity contribution in [3.05, 3.63) is 53.3 Å². The van der Waals surface area contributed by atoms with E-state index in [9.17, 15) is 0 Å². The largest absolute Gasteiger partial charge is 0.454 e. The van der Waals surface area contributed by atoms with Crippen molar-refractivity contribution in [3.8, 4) is 11.5 Å². The van der Waals surface area contributed by atoms with Crippen molar-refractivity contribution in [2.75, 3.05) is 13.3 Å². The Morgan fingerprint density at radius 2 is 1.83 bits per heavy atom. The smallest absolute Gasteiger partial charge is 0.231 e. The second kappa shape index (κ2) is 6.17. The lowest BCUT2D eigenvalue weighted by Crippen LogP contribution is -2.13. The summed E-state index contributed by atoms with van der Waals surface area (Å²) in [5.41, 5.74) is 10.4. The van der Waals surface area contributed by atoms with E-state index >= 15 is 0 Å². The third-order valence-corrected chi connectivity index (χ3v) is 4.43. The van der Waals surface area contributed by atoms with Crippen molar-refractivity contribution >= 4 is 11.0 Å². The Hall–Kier alpha value is -2.53. The SMILES string of the molecule is Cc1ccc(CCc2nc3cc4c(cc3n2CCN)OCO4)cc1. The van der Waals surface area contributed by atoms with Gasteiger partial charge in [-0.3, -0.25) is 0 Å². The Bertz CT molecular complexity index is 868. The molecule has 1 aliphatic rings. The van der Waals surface area contributed by atoms with Crippen LogP contribution in [0.4, 0.5) is 0 Å². The van der Waals surface area contributed by atoms with Crippen molar-refractivity contribution in [2.45, 2.75) is 26.3 Å². The molecule has 124 valence electrons. The summed E-state index contributed by atoms with van der Waals surface area (Å²) >= 11 is 0. The lowest BCUT2D eigenvalue weighted by atomic mass is 10.1. The molecule has 0 atom stereocenters. The van der Waals surface area contributed by atoms with Crippen LogP contribution in [0.15, 0.2) is 36.4 Å². The molecule has 0 amide bonds. The first kappa shape index (κ1) is 15.0. The van der Waals surface area contributed by atoms with Crippen LogP contribution in [0.2, 0.25) is 0 Å². The molecule has 0 spiro atoms. The van der Waals surface area contributed by atoms with E-state index < -0.39 is 0 Å². The van der Waals surface area contributed by atoms with E-state index in [1.54, 1.807) is 0 Å². The highest BCUT2D eigenvalue weighted by molar-refractivity contribution is 5.81. The maximum atomic E-state index is 5.81. The minimum absolute atomic E-state index is 0.277. The molecule has 2 heterocycles. The average molecular weight is 323 g/mol. The third-order valence-electron chi connectivity index (χ3n) is 4.43. The van der Waals surface area contributed by atoms with Gasteiger partial charge in [0, 0.05) is 31.6 Å². The summed E-state index contributed by atoms with van der Waals surface area (Å²) in [6.07, 6.45) is 1.84. The molecule has 0 bridgehead atoms. The van der Waals surface area contributed by atoms with E-state index in [1.165, 1.54) is 11.1 Å². The van der Waals surface area contributed by atoms with Crippen LogP contribution < -0.4 is 15.2 Å². The van der Waals surface area contributed by atoms with Gasteiger partial charge in [-0.15, -0.1) is 0 Å². The molecular formula is C19H21N3O2. The van der Waals surface area contributed by atoms with Gasteiger partial charge in [0.15, 0.2) is 11.5 Å². The van der Waals surface area contributed by atoms with E-state index in [-0.39, 0.29) is 6.79 Å². The third kappa shape index (κ3) is 2.71. The summed E-state index contributed by atoms with van der Waals surface area (Å²) in [6.45, 7) is 3.71. The van der Waals surface area contributed by atoms with Gasteiger partial charge >= 0.3 is 0 Å². The van der Waals surface area contributed by atoms with Gasteiger partial charge in [-0.2, -0.15) is 0 Å². The Morgan fingerprint density at radius 3 is 2.58 bits per heavy atom. The van der Waals surface area contributed by atoms with Gasteiger partial charge < -0.3 is 19.8 Å². The van der Waals surface area contributed by atoms with Crippen LogP contribution in [0, 0.1) is 6.92 Å². The number of ether oxygens (including phenoxy) is 2. The topological polar surface area (TPSA) is 62.3 Å². The molecule has 0 saturated heterocycles. The van der Waals surface area contributed by atoms with Crippen LogP contribution in [0.25, 0.3) is 11.0 Å². The minimum atomic E-state index is 0.277. The molecule has 1 aliphatic heterocycles. The predicted octanol–water partition coefficient (Wildman–Crippen LogP) is 2.82. The first-order valence-corrected chi connectivity index (χ1v) is 8.29. The average Bonchev–Trinajstić information content (AvgIpc) is 3.17. The summed E-state index contributed by atoms with van der Waals surface area (Å²) in [5.74, 6) is 2.61. The number of aromatic nitrogens is 2. The molecule has 2 N–H and O–H groups in total. The summed E-state index contributed by atoms with van der Waals surface area (Å²) in [4.78, 5) is 4.81. The number of nitrogens with zero attached hydrogens (tertiary/aromatic N) is 2. The fraction of sp³-hybridized carbons (Fsp3) is 0.316. The Kier molecular flexibility index (Phi) is 3.86. The zero-order valence-electron chi connectivity index (χ0n) is 13.8. The lowest BCUT2D eigenvalue weighted by molar-refractivity contribution is 0.174. The highest BCUT2D eigenvalue weighted by atomic mass is 16.7. The Balaban J connectivity index is 1.66. The highest BCUT2D eigenvalue weighted by Gasteiger charge is 2.18. The molecule has 4 rings (SSSR count). The number of imidazole rings is 1. The van der Waals surface area contributed by atoms with E-state index in [4.69, 9.17) is 20.2 Å². The molecule has 2 aromatic carbocycles. The second-order valence-electron chi connectivity index (χ2n) is 6.15. The minimum Gasteiger partial charge on any atom is -0.454 e. The van der Waals surface area contributed by atoms with Gasteiger partial charge in [0.25, 0.3) is 0 Å². The quantitative estimate of drug-likeness (QED) is 0.784. The molecule has 5 nitrogen and oxygen atoms in total. The van der Waals surface area contributed by atoms with Crippen molar-refractivity contribution in [2.24, 2.45) is 5.73 Å². The van der Waals surface area contributed by atoms with Crippen molar-refractivity contribution in [1.82, 2.24) is 9.55 Å². The van der Waals surface area contributed by atoms with Gasteiger partial charge in [-0.05, 0) is 18.9 Å². The molecular weight excluding hydrogens is 302 g/mol. The van der Waals surface area contributed by atoms with E-state index in [2.05, 4.69) is 35.8 Å². The molecule has 0 saturated carbocycles. The van der Waals surface area contributed by atoms with Crippen molar-refractivity contribution in [3.63, 3.8) is 0 Å². The fourth-order valence-corrected chi connectivity index (χ4v) is 3.15. The van der Waals surface area contributed by atoms with Crippen LogP contribution in [-0.4, -0.2) is 22.9 Å². The van der Waals surface area contributed by atoms with Crippen LogP contribution in [-0.2, 0) is 19.4 Å². The monoisotopic (exact) mass is 323 g/mol. The number of hydrogen-bond donors (Lipinski definition) is 1. The zero-order chi connectivity index (χ0) is 16.5. The van der Waals surface area contributed by atoms with Crippen molar-refractivity contribution in [1.29, 1.82) is 0 Å².